The molecule has 1 aliphatic rings. The van der Waals surface area contributed by atoms with Crippen molar-refractivity contribution in [3.8, 4) is 0 Å². The quantitative estimate of drug-likeness (QED) is 0.356. The number of anilines is 1. The molecule has 1 saturated heterocycles. The molecule has 1 fully saturated rings. The first kappa shape index (κ1) is 28.9. The Morgan fingerprint density at radius 3 is 2.59 bits per heavy atom. The molecule has 11 heteroatoms. The summed E-state index contributed by atoms with van der Waals surface area (Å²) in [4.78, 5) is 36.5. The number of carbonyl (C=O) groups excluding carboxylic acids is 2. The van der Waals surface area contributed by atoms with Crippen LogP contribution >= 0.6 is 0 Å². The SMILES string of the molecule is CCNC(=O)c1cn(COCC[Si](C)(C)C)c2ncc(N[C@H]3CCN(C(=O)OC(C)(C)C)[C@H](C)C3)nc12. The van der Waals surface area contributed by atoms with Crippen LogP contribution in [0.5, 0.6) is 0 Å². The molecule has 2 aromatic heterocycles. The first-order valence-electron chi connectivity index (χ1n) is 13.3. The van der Waals surface area contributed by atoms with Gasteiger partial charge >= 0.3 is 6.09 Å². The van der Waals surface area contributed by atoms with Crippen LogP contribution in [-0.4, -0.2) is 76.9 Å². The van der Waals surface area contributed by atoms with Crippen LogP contribution in [0.15, 0.2) is 12.4 Å². The van der Waals surface area contributed by atoms with Crippen molar-refractivity contribution in [2.24, 2.45) is 0 Å². The van der Waals surface area contributed by atoms with Gasteiger partial charge in [0.25, 0.3) is 5.91 Å². The van der Waals surface area contributed by atoms with Crippen LogP contribution in [0.25, 0.3) is 11.2 Å². The molecule has 2 aromatic rings. The van der Waals surface area contributed by atoms with E-state index in [0.717, 1.165) is 18.9 Å². The van der Waals surface area contributed by atoms with Gasteiger partial charge in [-0.1, -0.05) is 19.6 Å². The van der Waals surface area contributed by atoms with Crippen LogP contribution in [-0.2, 0) is 16.2 Å². The van der Waals surface area contributed by atoms with E-state index in [2.05, 4.69) is 35.3 Å². The summed E-state index contributed by atoms with van der Waals surface area (Å²) in [5.41, 5.74) is 1.13. The molecule has 206 valence electrons. The Kier molecular flexibility index (Phi) is 9.22. The number of nitrogens with one attached hydrogen (secondary N) is 2. The summed E-state index contributed by atoms with van der Waals surface area (Å²) in [6.07, 6.45) is 4.72. The van der Waals surface area contributed by atoms with Gasteiger partial charge in [0, 0.05) is 46.1 Å². The van der Waals surface area contributed by atoms with Gasteiger partial charge in [-0.25, -0.2) is 14.8 Å². The molecular weight excluding hydrogens is 488 g/mol. The average molecular weight is 533 g/mol. The highest BCUT2D eigenvalue weighted by Crippen LogP contribution is 2.25. The predicted molar refractivity (Wildman–Crippen MR) is 149 cm³/mol. The van der Waals surface area contributed by atoms with Gasteiger partial charge < -0.3 is 29.6 Å². The van der Waals surface area contributed by atoms with E-state index in [-0.39, 0.29) is 24.1 Å². The number of nitrogens with zero attached hydrogens (tertiary/aromatic N) is 4. The van der Waals surface area contributed by atoms with Crippen molar-refractivity contribution < 1.29 is 19.1 Å². The Bertz CT molecular complexity index is 1090. The van der Waals surface area contributed by atoms with Crippen molar-refractivity contribution in [2.45, 2.75) is 97.6 Å². The van der Waals surface area contributed by atoms with Gasteiger partial charge in [0.05, 0.1) is 11.8 Å². The summed E-state index contributed by atoms with van der Waals surface area (Å²) in [6.45, 7) is 18.6. The third kappa shape index (κ3) is 8.16. The van der Waals surface area contributed by atoms with Crippen LogP contribution < -0.4 is 10.6 Å². The minimum atomic E-state index is -1.19. The van der Waals surface area contributed by atoms with Crippen molar-refractivity contribution >= 4 is 37.1 Å². The molecule has 10 nitrogen and oxygen atoms in total. The number of aromatic nitrogens is 3. The minimum absolute atomic E-state index is 0.0260. The fraction of sp³-hybridized carbons (Fsp3) is 0.692. The molecule has 3 rings (SSSR count). The highest BCUT2D eigenvalue weighted by Gasteiger charge is 2.32. The van der Waals surface area contributed by atoms with Crippen molar-refractivity contribution in [3.63, 3.8) is 0 Å². The summed E-state index contributed by atoms with van der Waals surface area (Å²) in [5.74, 6) is 0.428. The number of rotatable bonds is 9. The van der Waals surface area contributed by atoms with Crippen LogP contribution in [0.1, 0.15) is 57.8 Å². The summed E-state index contributed by atoms with van der Waals surface area (Å²) >= 11 is 0. The first-order chi connectivity index (χ1) is 17.3. The number of likely N-dealkylation sites (tertiary alicyclic amines) is 1. The molecule has 1 aliphatic heterocycles. The maximum atomic E-state index is 12.8. The average Bonchev–Trinajstić information content (AvgIpc) is 3.13. The lowest BCUT2D eigenvalue weighted by atomic mass is 9.99. The minimum Gasteiger partial charge on any atom is -0.444 e. The third-order valence-electron chi connectivity index (χ3n) is 6.23. The van der Waals surface area contributed by atoms with E-state index < -0.39 is 13.7 Å². The monoisotopic (exact) mass is 532 g/mol. The fourth-order valence-electron chi connectivity index (χ4n) is 4.29. The predicted octanol–water partition coefficient (Wildman–Crippen LogP) is 4.69. The van der Waals surface area contributed by atoms with E-state index in [1.807, 2.05) is 39.2 Å². The maximum absolute atomic E-state index is 12.8. The molecule has 3 heterocycles. The van der Waals surface area contributed by atoms with E-state index in [4.69, 9.17) is 14.5 Å². The molecule has 37 heavy (non-hydrogen) atoms. The molecule has 0 saturated carbocycles. The smallest absolute Gasteiger partial charge is 0.410 e. The molecule has 0 spiro atoms. The first-order valence-corrected chi connectivity index (χ1v) is 17.0. The summed E-state index contributed by atoms with van der Waals surface area (Å²) in [6, 6.07) is 1.22. The second-order valence-corrected chi connectivity index (χ2v) is 17.7. The van der Waals surface area contributed by atoms with Gasteiger partial charge in [0.2, 0.25) is 0 Å². The van der Waals surface area contributed by atoms with Crippen LogP contribution in [0, 0.1) is 0 Å². The number of fused-ring (bicyclic) bond motifs is 1. The summed E-state index contributed by atoms with van der Waals surface area (Å²) in [5, 5.41) is 6.33. The normalized spacial score (nSPS) is 18.6. The lowest BCUT2D eigenvalue weighted by Crippen LogP contribution is -2.49. The number of hydrogen-bond donors (Lipinski definition) is 2. The van der Waals surface area contributed by atoms with Crippen molar-refractivity contribution in [1.82, 2.24) is 24.8 Å². The van der Waals surface area contributed by atoms with Crippen molar-refractivity contribution in [3.05, 3.63) is 18.0 Å². The van der Waals surface area contributed by atoms with Gasteiger partial charge in [-0.2, -0.15) is 0 Å². The molecule has 0 aliphatic carbocycles. The Hall–Kier alpha value is -2.66. The van der Waals surface area contributed by atoms with E-state index in [0.29, 0.717) is 49.0 Å². The summed E-state index contributed by atoms with van der Waals surface area (Å²) in [7, 11) is -1.19. The van der Waals surface area contributed by atoms with E-state index >= 15 is 0 Å². The van der Waals surface area contributed by atoms with E-state index in [1.54, 1.807) is 17.3 Å². The number of ether oxygens (including phenoxy) is 2. The maximum Gasteiger partial charge on any atom is 0.410 e. The molecule has 2 atom stereocenters. The van der Waals surface area contributed by atoms with Gasteiger partial charge in [-0.05, 0) is 53.5 Å². The number of piperidine rings is 1. The Balaban J connectivity index is 1.72. The lowest BCUT2D eigenvalue weighted by molar-refractivity contribution is 0.0112. The molecule has 2 N–H and O–H groups in total. The van der Waals surface area contributed by atoms with E-state index in [9.17, 15) is 9.59 Å². The zero-order valence-corrected chi connectivity index (χ0v) is 24.7. The molecule has 0 unspecified atom stereocenters. The number of amides is 2. The Labute approximate surface area is 221 Å². The highest BCUT2D eigenvalue weighted by molar-refractivity contribution is 6.76. The Morgan fingerprint density at radius 2 is 1.97 bits per heavy atom. The van der Waals surface area contributed by atoms with Crippen LogP contribution in [0.2, 0.25) is 25.7 Å². The van der Waals surface area contributed by atoms with Crippen LogP contribution in [0.4, 0.5) is 10.6 Å². The second-order valence-electron chi connectivity index (χ2n) is 12.0. The number of hydrogen-bond acceptors (Lipinski definition) is 7. The lowest BCUT2D eigenvalue weighted by Gasteiger charge is -2.38. The molecule has 0 aromatic carbocycles. The fourth-order valence-corrected chi connectivity index (χ4v) is 5.04. The zero-order valence-electron chi connectivity index (χ0n) is 23.7. The largest absolute Gasteiger partial charge is 0.444 e. The van der Waals surface area contributed by atoms with Gasteiger partial charge in [-0.3, -0.25) is 4.79 Å². The zero-order chi connectivity index (χ0) is 27.4. The van der Waals surface area contributed by atoms with Gasteiger partial charge in [-0.15, -0.1) is 0 Å². The molecule has 0 bridgehead atoms. The summed E-state index contributed by atoms with van der Waals surface area (Å²) < 4.78 is 13.3. The van der Waals surface area contributed by atoms with Crippen molar-refractivity contribution in [2.75, 3.05) is 25.0 Å². The second kappa shape index (κ2) is 11.8. The topological polar surface area (TPSA) is 111 Å². The van der Waals surface area contributed by atoms with Crippen LogP contribution in [0.3, 0.4) is 0 Å². The van der Waals surface area contributed by atoms with Crippen molar-refractivity contribution in [1.29, 1.82) is 0 Å². The molecule has 2 amide bonds. The molecular formula is C26H44N6O4Si. The van der Waals surface area contributed by atoms with E-state index in [1.165, 1.54) is 0 Å². The van der Waals surface area contributed by atoms with Gasteiger partial charge in [0.1, 0.15) is 23.7 Å². The van der Waals surface area contributed by atoms with Gasteiger partial charge in [0.15, 0.2) is 5.65 Å². The number of carbonyl (C=O) groups is 2. The third-order valence-corrected chi connectivity index (χ3v) is 7.93. The standard InChI is InChI=1S/C26H44N6O4Si/c1-9-27-24(33)20-16-31(17-35-12-13-37(6,7)8)23-22(20)30-21(15-28-23)29-19-10-11-32(18(2)14-19)25(34)36-26(3,4)5/h15-16,18-19H,9-14,17H2,1-8H3,(H,27,33)(H,29,30)/t18-,19+/m1/s1. The molecule has 0 radical (unpaired) electrons. The highest BCUT2D eigenvalue weighted by atomic mass is 28.3. The Morgan fingerprint density at radius 1 is 1.24 bits per heavy atom.